The van der Waals surface area contributed by atoms with Crippen LogP contribution in [0.1, 0.15) is 19.7 Å². The minimum absolute atomic E-state index is 0.145. The molecule has 0 aliphatic carbocycles. The zero-order chi connectivity index (χ0) is 12.1. The number of hydrogen-bond donors (Lipinski definition) is 2. The largest absolute Gasteiger partial charge is 0.438 e. The predicted octanol–water partition coefficient (Wildman–Crippen LogP) is -0.0448. The van der Waals surface area contributed by atoms with E-state index >= 15 is 0 Å². The molecule has 0 radical (unpaired) electrons. The van der Waals surface area contributed by atoms with Crippen molar-refractivity contribution in [3.05, 3.63) is 16.4 Å². The van der Waals surface area contributed by atoms with Gasteiger partial charge in [0.05, 0.1) is 0 Å². The maximum absolute atomic E-state index is 11.5. The number of amides is 2. The van der Waals surface area contributed by atoms with Gasteiger partial charge in [-0.15, -0.1) is 0 Å². The summed E-state index contributed by atoms with van der Waals surface area (Å²) in [4.78, 5) is 26.1. The zero-order valence-electron chi connectivity index (χ0n) is 9.61. The molecular formula is C9H16N4O3. The molecule has 2 N–H and O–H groups in total. The Hall–Kier alpha value is -1.79. The second-order valence-corrected chi connectivity index (χ2v) is 3.73. The molecule has 0 saturated carbocycles. The molecule has 0 fully saturated rings. The third-order valence-corrected chi connectivity index (χ3v) is 2.22. The predicted molar refractivity (Wildman–Crippen MR) is 57.1 cm³/mol. The van der Waals surface area contributed by atoms with Gasteiger partial charge in [0, 0.05) is 26.1 Å². The number of nitrogens with zero attached hydrogens (tertiary/aromatic N) is 2. The highest BCUT2D eigenvalue weighted by atomic mass is 16.5. The van der Waals surface area contributed by atoms with E-state index in [0.29, 0.717) is 18.8 Å². The van der Waals surface area contributed by atoms with Crippen molar-refractivity contribution in [1.29, 1.82) is 0 Å². The molecule has 1 rings (SSSR count). The Morgan fingerprint density at radius 3 is 2.81 bits per heavy atom. The molecule has 90 valence electrons. The number of urea groups is 1. The van der Waals surface area contributed by atoms with Gasteiger partial charge < -0.3 is 10.2 Å². The Morgan fingerprint density at radius 1 is 1.62 bits per heavy atom. The molecule has 0 spiro atoms. The van der Waals surface area contributed by atoms with Crippen molar-refractivity contribution in [3.8, 4) is 0 Å². The van der Waals surface area contributed by atoms with Crippen LogP contribution in [-0.2, 0) is 6.42 Å². The number of H-pyrrole nitrogens is 1. The normalized spacial score (nSPS) is 10.5. The molecule has 0 unspecified atom stereocenters. The fourth-order valence-corrected chi connectivity index (χ4v) is 1.02. The van der Waals surface area contributed by atoms with Gasteiger partial charge in [0.2, 0.25) is 0 Å². The van der Waals surface area contributed by atoms with E-state index in [1.165, 1.54) is 0 Å². The average Bonchev–Trinajstić information content (AvgIpc) is 2.62. The average molecular weight is 228 g/mol. The van der Waals surface area contributed by atoms with Crippen LogP contribution < -0.4 is 11.1 Å². The number of rotatable bonds is 4. The van der Waals surface area contributed by atoms with E-state index in [4.69, 9.17) is 0 Å². The van der Waals surface area contributed by atoms with Crippen LogP contribution in [0.3, 0.4) is 0 Å². The van der Waals surface area contributed by atoms with E-state index in [2.05, 4.69) is 20.0 Å². The van der Waals surface area contributed by atoms with Crippen LogP contribution in [-0.4, -0.2) is 40.7 Å². The SMILES string of the molecule is CC(C)N(C)C(=O)NCCc1noc(=O)[nH]1. The number of nitrogens with one attached hydrogen (secondary N) is 2. The van der Waals surface area contributed by atoms with Crippen molar-refractivity contribution in [2.45, 2.75) is 26.3 Å². The summed E-state index contributed by atoms with van der Waals surface area (Å²) in [5, 5.41) is 6.19. The minimum atomic E-state index is -0.583. The van der Waals surface area contributed by atoms with Crippen LogP contribution in [0.2, 0.25) is 0 Å². The third kappa shape index (κ3) is 3.41. The summed E-state index contributed by atoms with van der Waals surface area (Å²) in [6.45, 7) is 4.25. The molecule has 1 heterocycles. The topological polar surface area (TPSA) is 91.2 Å². The van der Waals surface area contributed by atoms with Crippen molar-refractivity contribution in [1.82, 2.24) is 20.4 Å². The van der Waals surface area contributed by atoms with Crippen molar-refractivity contribution in [2.24, 2.45) is 0 Å². The van der Waals surface area contributed by atoms with Gasteiger partial charge in [0.1, 0.15) is 0 Å². The Kier molecular flexibility index (Phi) is 4.10. The minimum Gasteiger partial charge on any atom is -0.338 e. The molecule has 7 heteroatoms. The van der Waals surface area contributed by atoms with Crippen LogP contribution in [0, 0.1) is 0 Å². The Labute approximate surface area is 92.8 Å². The molecule has 0 aliphatic heterocycles. The monoisotopic (exact) mass is 228 g/mol. The lowest BCUT2D eigenvalue weighted by Gasteiger charge is -2.21. The van der Waals surface area contributed by atoms with E-state index in [1.54, 1.807) is 11.9 Å². The van der Waals surface area contributed by atoms with Crippen LogP contribution in [0.15, 0.2) is 9.32 Å². The Morgan fingerprint density at radius 2 is 2.31 bits per heavy atom. The standard InChI is InChI=1S/C9H16N4O3/c1-6(2)13(3)8(14)10-5-4-7-11-9(15)16-12-7/h6H,4-5H2,1-3H3,(H,10,14)(H,11,12,15). The summed E-state index contributed by atoms with van der Waals surface area (Å²) in [6, 6.07) is -0.00676. The summed E-state index contributed by atoms with van der Waals surface area (Å²) in [6.07, 6.45) is 0.434. The second-order valence-electron chi connectivity index (χ2n) is 3.73. The van der Waals surface area contributed by atoms with Gasteiger partial charge in [-0.25, -0.2) is 9.59 Å². The maximum atomic E-state index is 11.5. The number of carbonyl (C=O) groups is 1. The Balaban J connectivity index is 2.30. The first-order valence-electron chi connectivity index (χ1n) is 5.06. The molecule has 7 nitrogen and oxygen atoms in total. The van der Waals surface area contributed by atoms with Crippen LogP contribution in [0.5, 0.6) is 0 Å². The molecular weight excluding hydrogens is 212 g/mol. The molecule has 0 aromatic carbocycles. The highest BCUT2D eigenvalue weighted by Crippen LogP contribution is 1.93. The number of carbonyl (C=O) groups excluding carboxylic acids is 1. The Bertz CT molecular complexity index is 395. The fraction of sp³-hybridized carbons (Fsp3) is 0.667. The van der Waals surface area contributed by atoms with Crippen molar-refractivity contribution in [3.63, 3.8) is 0 Å². The van der Waals surface area contributed by atoms with Crippen molar-refractivity contribution >= 4 is 6.03 Å². The molecule has 1 aromatic rings. The van der Waals surface area contributed by atoms with E-state index < -0.39 is 5.76 Å². The van der Waals surface area contributed by atoms with E-state index in [9.17, 15) is 9.59 Å². The van der Waals surface area contributed by atoms with E-state index in [-0.39, 0.29) is 12.1 Å². The molecule has 16 heavy (non-hydrogen) atoms. The molecule has 0 aliphatic rings. The molecule has 1 aromatic heterocycles. The van der Waals surface area contributed by atoms with Crippen LogP contribution in [0.4, 0.5) is 4.79 Å². The molecule has 0 saturated heterocycles. The van der Waals surface area contributed by atoms with Gasteiger partial charge in [-0.05, 0) is 13.8 Å². The molecule has 2 amide bonds. The maximum Gasteiger partial charge on any atom is 0.438 e. The highest BCUT2D eigenvalue weighted by Gasteiger charge is 2.10. The summed E-state index contributed by atoms with van der Waals surface area (Å²) < 4.78 is 4.32. The summed E-state index contributed by atoms with van der Waals surface area (Å²) in [5.74, 6) is -0.155. The van der Waals surface area contributed by atoms with Crippen LogP contribution >= 0.6 is 0 Å². The van der Waals surface area contributed by atoms with Gasteiger partial charge in [0.25, 0.3) is 0 Å². The lowest BCUT2D eigenvalue weighted by atomic mass is 10.3. The van der Waals surface area contributed by atoms with Gasteiger partial charge in [-0.3, -0.25) is 9.51 Å². The van der Waals surface area contributed by atoms with E-state index in [0.717, 1.165) is 0 Å². The van der Waals surface area contributed by atoms with Gasteiger partial charge in [0.15, 0.2) is 5.82 Å². The van der Waals surface area contributed by atoms with Gasteiger partial charge in [-0.2, -0.15) is 0 Å². The smallest absolute Gasteiger partial charge is 0.338 e. The summed E-state index contributed by atoms with van der Waals surface area (Å²) in [7, 11) is 1.72. The molecule has 0 bridgehead atoms. The lowest BCUT2D eigenvalue weighted by Crippen LogP contribution is -2.41. The summed E-state index contributed by atoms with van der Waals surface area (Å²) in [5.41, 5.74) is 0. The van der Waals surface area contributed by atoms with Crippen molar-refractivity contribution in [2.75, 3.05) is 13.6 Å². The molecule has 0 atom stereocenters. The third-order valence-electron chi connectivity index (χ3n) is 2.22. The fourth-order valence-electron chi connectivity index (χ4n) is 1.02. The highest BCUT2D eigenvalue weighted by molar-refractivity contribution is 5.74. The van der Waals surface area contributed by atoms with Crippen molar-refractivity contribution < 1.29 is 9.32 Å². The first-order valence-corrected chi connectivity index (χ1v) is 5.06. The van der Waals surface area contributed by atoms with Gasteiger partial charge >= 0.3 is 11.8 Å². The zero-order valence-corrected chi connectivity index (χ0v) is 9.61. The number of hydrogen-bond acceptors (Lipinski definition) is 4. The van der Waals surface area contributed by atoms with E-state index in [1.807, 2.05) is 13.8 Å². The quantitative estimate of drug-likeness (QED) is 0.756. The lowest BCUT2D eigenvalue weighted by molar-refractivity contribution is 0.198. The van der Waals surface area contributed by atoms with Gasteiger partial charge in [-0.1, -0.05) is 5.16 Å². The first kappa shape index (κ1) is 12.3. The number of aromatic nitrogens is 2. The first-order chi connectivity index (χ1) is 7.50. The number of aromatic amines is 1. The summed E-state index contributed by atoms with van der Waals surface area (Å²) >= 11 is 0. The van der Waals surface area contributed by atoms with Crippen LogP contribution in [0.25, 0.3) is 0 Å². The second kappa shape index (κ2) is 5.34.